The number of carbonyl (C=O) groups is 1. The highest BCUT2D eigenvalue weighted by atomic mass is 16.6. The standard InChI is InChI=1S/C32H37N5O2/c1-31(2,3)39-30(38)35-32(19-10-20-32)24-13-15-25(16-14-24)37-28(23-11-6-4-7-12-23)33-26-17-18-27(34-29(26)37)36-21-8-5-9-22-36/h4,6-7,11-18H,5,8-10,19-22H2,1-3H3,(H,35,38). The number of rotatable bonds is 5. The zero-order valence-corrected chi connectivity index (χ0v) is 23.1. The van der Waals surface area contributed by atoms with Crippen molar-refractivity contribution < 1.29 is 9.53 Å². The monoisotopic (exact) mass is 523 g/mol. The predicted octanol–water partition coefficient (Wildman–Crippen LogP) is 6.98. The summed E-state index contributed by atoms with van der Waals surface area (Å²) < 4.78 is 7.74. The van der Waals surface area contributed by atoms with Gasteiger partial charge >= 0.3 is 6.09 Å². The van der Waals surface area contributed by atoms with Crippen LogP contribution in [0.15, 0.2) is 66.7 Å². The summed E-state index contributed by atoms with van der Waals surface area (Å²) in [5.41, 5.74) is 3.94. The molecule has 39 heavy (non-hydrogen) atoms. The Morgan fingerprint density at radius 3 is 2.23 bits per heavy atom. The molecule has 1 aliphatic heterocycles. The maximum atomic E-state index is 12.6. The molecule has 0 spiro atoms. The van der Waals surface area contributed by atoms with Crippen LogP contribution >= 0.6 is 0 Å². The van der Waals surface area contributed by atoms with E-state index in [0.29, 0.717) is 0 Å². The first-order chi connectivity index (χ1) is 18.8. The van der Waals surface area contributed by atoms with Gasteiger partial charge in [-0.15, -0.1) is 0 Å². The van der Waals surface area contributed by atoms with Crippen molar-refractivity contribution in [1.29, 1.82) is 0 Å². The molecular weight excluding hydrogens is 486 g/mol. The van der Waals surface area contributed by atoms with E-state index in [1.807, 2.05) is 39.0 Å². The van der Waals surface area contributed by atoms with Crippen LogP contribution in [-0.4, -0.2) is 39.3 Å². The van der Waals surface area contributed by atoms with Gasteiger partial charge in [-0.3, -0.25) is 4.57 Å². The third-order valence-corrected chi connectivity index (χ3v) is 7.83. The van der Waals surface area contributed by atoms with Gasteiger partial charge in [0.2, 0.25) is 0 Å². The van der Waals surface area contributed by atoms with Crippen molar-refractivity contribution in [2.45, 2.75) is 70.4 Å². The summed E-state index contributed by atoms with van der Waals surface area (Å²) in [6.45, 7) is 7.75. The van der Waals surface area contributed by atoms with E-state index in [4.69, 9.17) is 14.7 Å². The Labute approximate surface area is 230 Å². The van der Waals surface area contributed by atoms with Gasteiger partial charge in [0.1, 0.15) is 22.8 Å². The van der Waals surface area contributed by atoms with Crippen LogP contribution in [0.25, 0.3) is 28.2 Å². The van der Waals surface area contributed by atoms with Crippen molar-refractivity contribution in [3.8, 4) is 17.1 Å². The molecule has 2 aromatic carbocycles. The van der Waals surface area contributed by atoms with Crippen molar-refractivity contribution >= 4 is 23.1 Å². The second-order valence-electron chi connectivity index (χ2n) is 11.8. The number of ether oxygens (including phenoxy) is 1. The van der Waals surface area contributed by atoms with E-state index >= 15 is 0 Å². The quantitative estimate of drug-likeness (QED) is 0.305. The number of carbonyl (C=O) groups excluding carboxylic acids is 1. The maximum Gasteiger partial charge on any atom is 0.408 e. The van der Waals surface area contributed by atoms with E-state index in [-0.39, 0.29) is 11.6 Å². The molecule has 1 saturated heterocycles. The van der Waals surface area contributed by atoms with Crippen LogP contribution in [-0.2, 0) is 10.3 Å². The van der Waals surface area contributed by atoms with Crippen LogP contribution < -0.4 is 10.2 Å². The highest BCUT2D eigenvalue weighted by molar-refractivity contribution is 5.81. The number of hydrogen-bond acceptors (Lipinski definition) is 5. The normalized spacial score (nSPS) is 17.1. The zero-order valence-electron chi connectivity index (χ0n) is 23.1. The first-order valence-electron chi connectivity index (χ1n) is 14.1. The van der Waals surface area contributed by atoms with Crippen LogP contribution in [0.4, 0.5) is 10.6 Å². The Hall–Kier alpha value is -3.87. The summed E-state index contributed by atoms with van der Waals surface area (Å²) >= 11 is 0. The van der Waals surface area contributed by atoms with Crippen LogP contribution in [0.1, 0.15) is 64.9 Å². The number of nitrogens with zero attached hydrogens (tertiary/aromatic N) is 4. The number of imidazole rings is 1. The molecule has 4 aromatic rings. The Morgan fingerprint density at radius 2 is 1.59 bits per heavy atom. The summed E-state index contributed by atoms with van der Waals surface area (Å²) in [5, 5.41) is 3.17. The molecule has 3 heterocycles. The summed E-state index contributed by atoms with van der Waals surface area (Å²) in [6.07, 6.45) is 6.19. The van der Waals surface area contributed by atoms with E-state index in [9.17, 15) is 4.79 Å². The number of hydrogen-bond donors (Lipinski definition) is 1. The van der Waals surface area contributed by atoms with Gasteiger partial charge in [0.25, 0.3) is 0 Å². The van der Waals surface area contributed by atoms with E-state index in [0.717, 1.165) is 72.0 Å². The van der Waals surface area contributed by atoms with Crippen molar-refractivity contribution in [2.24, 2.45) is 0 Å². The fourth-order valence-corrected chi connectivity index (χ4v) is 5.72. The average Bonchev–Trinajstić information content (AvgIpc) is 3.30. The molecule has 0 atom stereocenters. The van der Waals surface area contributed by atoms with Crippen LogP contribution in [0.5, 0.6) is 0 Å². The van der Waals surface area contributed by atoms with Gasteiger partial charge in [0, 0.05) is 24.3 Å². The van der Waals surface area contributed by atoms with Crippen molar-refractivity contribution in [2.75, 3.05) is 18.0 Å². The number of piperidine rings is 1. The fourth-order valence-electron chi connectivity index (χ4n) is 5.72. The molecule has 202 valence electrons. The third-order valence-electron chi connectivity index (χ3n) is 7.83. The Bertz CT molecular complexity index is 1460. The number of anilines is 1. The molecule has 2 aliphatic rings. The van der Waals surface area contributed by atoms with Gasteiger partial charge in [-0.25, -0.2) is 14.8 Å². The lowest BCUT2D eigenvalue weighted by atomic mass is 9.72. The second kappa shape index (κ2) is 10.0. The number of pyridine rings is 1. The molecule has 7 heteroatoms. The largest absolute Gasteiger partial charge is 0.444 e. The molecule has 2 fully saturated rings. The smallest absolute Gasteiger partial charge is 0.408 e. The molecule has 1 saturated carbocycles. The molecule has 1 amide bonds. The van der Waals surface area contributed by atoms with Gasteiger partial charge in [-0.05, 0) is 89.1 Å². The molecule has 1 N–H and O–H groups in total. The lowest BCUT2D eigenvalue weighted by Gasteiger charge is -2.43. The second-order valence-corrected chi connectivity index (χ2v) is 11.8. The lowest BCUT2D eigenvalue weighted by Crippen LogP contribution is -2.52. The van der Waals surface area contributed by atoms with Crippen LogP contribution in [0, 0.1) is 0 Å². The van der Waals surface area contributed by atoms with Gasteiger partial charge in [0.05, 0.1) is 5.54 Å². The van der Waals surface area contributed by atoms with E-state index in [1.54, 1.807) is 0 Å². The summed E-state index contributed by atoms with van der Waals surface area (Å²) in [5.74, 6) is 1.88. The van der Waals surface area contributed by atoms with E-state index < -0.39 is 5.60 Å². The minimum atomic E-state index is -0.532. The molecule has 0 radical (unpaired) electrons. The van der Waals surface area contributed by atoms with Gasteiger partial charge in [-0.2, -0.15) is 0 Å². The predicted molar refractivity (Wildman–Crippen MR) is 155 cm³/mol. The number of aromatic nitrogens is 3. The third kappa shape index (κ3) is 5.10. The summed E-state index contributed by atoms with van der Waals surface area (Å²) in [4.78, 5) is 25.2. The topological polar surface area (TPSA) is 72.3 Å². The SMILES string of the molecule is CC(C)(C)OC(=O)NC1(c2ccc(-n3c(-c4ccccc4)nc4ccc(N5CCCCC5)nc43)cc2)CCC1. The molecule has 6 rings (SSSR count). The van der Waals surface area contributed by atoms with Crippen LogP contribution in [0.2, 0.25) is 0 Å². The number of amides is 1. The van der Waals surface area contributed by atoms with E-state index in [1.165, 1.54) is 19.3 Å². The molecule has 7 nitrogen and oxygen atoms in total. The van der Waals surface area contributed by atoms with Gasteiger partial charge in [-0.1, -0.05) is 42.5 Å². The Balaban J connectivity index is 1.39. The van der Waals surface area contributed by atoms with Gasteiger partial charge < -0.3 is 15.0 Å². The summed E-state index contributed by atoms with van der Waals surface area (Å²) in [7, 11) is 0. The highest BCUT2D eigenvalue weighted by Crippen LogP contribution is 2.42. The van der Waals surface area contributed by atoms with Crippen molar-refractivity contribution in [1.82, 2.24) is 19.9 Å². The minimum absolute atomic E-state index is 0.368. The first kappa shape index (κ1) is 25.4. The fraction of sp³-hybridized carbons (Fsp3) is 0.406. The minimum Gasteiger partial charge on any atom is -0.444 e. The molecule has 0 bridgehead atoms. The zero-order chi connectivity index (χ0) is 27.0. The first-order valence-corrected chi connectivity index (χ1v) is 14.1. The average molecular weight is 524 g/mol. The molecule has 0 unspecified atom stereocenters. The Morgan fingerprint density at radius 1 is 0.872 bits per heavy atom. The molecule has 1 aliphatic carbocycles. The van der Waals surface area contributed by atoms with Crippen molar-refractivity contribution in [3.05, 3.63) is 72.3 Å². The number of benzene rings is 2. The maximum absolute atomic E-state index is 12.6. The van der Waals surface area contributed by atoms with E-state index in [2.05, 4.69) is 63.3 Å². The Kier molecular flexibility index (Phi) is 6.53. The van der Waals surface area contributed by atoms with Gasteiger partial charge in [0.15, 0.2) is 5.65 Å². The van der Waals surface area contributed by atoms with Crippen molar-refractivity contribution in [3.63, 3.8) is 0 Å². The molecule has 2 aromatic heterocycles. The van der Waals surface area contributed by atoms with Crippen LogP contribution in [0.3, 0.4) is 0 Å². The number of nitrogens with one attached hydrogen (secondary N) is 1. The lowest BCUT2D eigenvalue weighted by molar-refractivity contribution is 0.0377. The highest BCUT2D eigenvalue weighted by Gasteiger charge is 2.41. The number of fused-ring (bicyclic) bond motifs is 1. The number of alkyl carbamates (subject to hydrolysis) is 1. The summed E-state index contributed by atoms with van der Waals surface area (Å²) in [6, 6.07) is 23.0. The molecular formula is C32H37N5O2.